The van der Waals surface area contributed by atoms with E-state index < -0.39 is 40.6 Å². The van der Waals surface area contributed by atoms with Gasteiger partial charge in [0.15, 0.2) is 0 Å². The van der Waals surface area contributed by atoms with Crippen LogP contribution in [0.25, 0.3) is 0 Å². The van der Waals surface area contributed by atoms with Gasteiger partial charge in [0.25, 0.3) is 27.0 Å². The minimum absolute atomic E-state index is 0.161. The van der Waals surface area contributed by atoms with Gasteiger partial charge in [-0.3, -0.25) is 0 Å². The lowest BCUT2D eigenvalue weighted by molar-refractivity contribution is 0.00554. The predicted octanol–water partition coefficient (Wildman–Crippen LogP) is 12.6. The number of nitrogens with one attached hydrogen (secondary N) is 2. The zero-order chi connectivity index (χ0) is 40.1. The van der Waals surface area contributed by atoms with E-state index in [4.69, 9.17) is 123 Å². The molecule has 0 saturated carbocycles. The van der Waals surface area contributed by atoms with Gasteiger partial charge >= 0.3 is 13.6 Å². The quantitative estimate of drug-likeness (QED) is 0.131. The zero-order valence-corrected chi connectivity index (χ0v) is 41.0. The molecule has 0 fully saturated rings. The van der Waals surface area contributed by atoms with Crippen molar-refractivity contribution in [2.24, 2.45) is 27.1 Å². The third-order valence-electron chi connectivity index (χ3n) is 7.55. The summed E-state index contributed by atoms with van der Waals surface area (Å²) in [5.41, 5.74) is 0. The molecule has 330 valence electrons. The van der Waals surface area contributed by atoms with E-state index in [2.05, 4.69) is 28.2 Å². The fraction of sp³-hybridized carbons (Fsp3) is 1.00. The highest BCUT2D eigenvalue weighted by molar-refractivity contribution is 8.15. The first-order chi connectivity index (χ1) is 26.9. The van der Waals surface area contributed by atoms with Crippen LogP contribution in [0.5, 0.6) is 0 Å². The monoisotopic (exact) mass is 1030 g/mol. The summed E-state index contributed by atoms with van der Waals surface area (Å²) in [6, 6.07) is 0. The lowest BCUT2D eigenvalue weighted by atomic mass is 10.1. The van der Waals surface area contributed by atoms with Crippen LogP contribution in [0.15, 0.2) is 27.1 Å². The van der Waals surface area contributed by atoms with Crippen molar-refractivity contribution < 1.29 is 46.5 Å². The van der Waals surface area contributed by atoms with E-state index in [1.807, 2.05) is 0 Å². The molecule has 2 N–H and O–H groups in total. The molecular weight excluding hydrogens is 983 g/mol. The van der Waals surface area contributed by atoms with Crippen LogP contribution in [0.1, 0.15) is 51.4 Å². The molecule has 4 unspecified atom stereocenters. The molecule has 0 aromatic carbocycles. The molecule has 4 atom stereocenters. The number of hydrogen-bond donors (Lipinski definition) is 2. The number of unbranched alkanes of at least 4 members (excludes halogenated alkanes) is 7. The summed E-state index contributed by atoms with van der Waals surface area (Å²) in [7, 11) is -6.18. The Bertz CT molecular complexity index is 1440. The molecule has 0 radical (unpaired) electrons. The molecule has 4 rings (SSSR count). The van der Waals surface area contributed by atoms with Gasteiger partial charge in [0.1, 0.15) is 0 Å². The SMILES string of the molecule is ClP1(Cl)=NP2(Cl)=NP(NCCCCCCCCCCNP34=NP(Cl)(Cl)=NP(Cl)(=N3)OCCOCCOCCOCCO4)(=N1)OCCOCCOCCOCCO2. The maximum Gasteiger partial charge on any atom is 0.300 e. The fourth-order valence-electron chi connectivity index (χ4n) is 5.10. The van der Waals surface area contributed by atoms with Crippen LogP contribution >= 0.6 is 108 Å². The zero-order valence-electron chi connectivity index (χ0n) is 31.1. The van der Waals surface area contributed by atoms with Gasteiger partial charge in [-0.1, -0.05) is 38.5 Å². The first kappa shape index (κ1) is 51.3. The molecule has 4 bridgehead atoms. The fourth-order valence-corrected chi connectivity index (χ4v) is 31.4. The first-order valence-electron chi connectivity index (χ1n) is 18.4. The van der Waals surface area contributed by atoms with E-state index >= 15 is 0 Å². The van der Waals surface area contributed by atoms with Crippen molar-refractivity contribution in [3.05, 3.63) is 0 Å². The van der Waals surface area contributed by atoms with Gasteiger partial charge < -0.3 is 46.5 Å². The van der Waals surface area contributed by atoms with Crippen molar-refractivity contribution in [2.45, 2.75) is 51.4 Å². The van der Waals surface area contributed by atoms with Crippen molar-refractivity contribution in [1.82, 2.24) is 10.2 Å². The van der Waals surface area contributed by atoms with Gasteiger partial charge in [-0.05, 0) is 80.3 Å². The average Bonchev–Trinajstić information content (AvgIpc) is 3.10. The van der Waals surface area contributed by atoms with Gasteiger partial charge in [-0.15, -0.1) is 0 Å². The second kappa shape index (κ2) is 27.1. The number of hydrogen-bond acceptors (Lipinski definition) is 18. The van der Waals surface area contributed by atoms with E-state index in [-0.39, 0.29) is 39.6 Å². The molecule has 0 aromatic rings. The molecule has 0 saturated heterocycles. The first-order valence-corrected chi connectivity index (χ1v) is 33.7. The van der Waals surface area contributed by atoms with E-state index in [0.717, 1.165) is 51.4 Å². The largest absolute Gasteiger partial charge is 0.377 e. The minimum Gasteiger partial charge on any atom is -0.377 e. The van der Waals surface area contributed by atoms with Crippen LogP contribution in [0.3, 0.4) is 0 Å². The minimum atomic E-state index is -3.25. The summed E-state index contributed by atoms with van der Waals surface area (Å²) < 4.78 is 84.6. The van der Waals surface area contributed by atoms with Crippen LogP contribution in [0.2, 0.25) is 0 Å². The third-order valence-corrected chi connectivity index (χ3v) is 29.7. The Morgan fingerprint density at radius 1 is 0.321 bits per heavy atom. The number of ether oxygens (including phenoxy) is 6. The molecule has 0 spiro atoms. The normalized spacial score (nSPS) is 32.9. The number of halogens is 6. The number of fused-ring (bicyclic) bond motifs is 2. The van der Waals surface area contributed by atoms with Gasteiger partial charge in [0.2, 0.25) is 0 Å². The Hall–Kier alpha value is 2.64. The van der Waals surface area contributed by atoms with Gasteiger partial charge in [-0.25, -0.2) is 10.2 Å². The van der Waals surface area contributed by atoms with Crippen LogP contribution < -0.4 is 10.2 Å². The Morgan fingerprint density at radius 2 is 0.589 bits per heavy atom. The Kier molecular flexibility index (Phi) is 24.8. The second-order valence-electron chi connectivity index (χ2n) is 12.1. The maximum atomic E-state index is 6.78. The molecule has 0 amide bonds. The Morgan fingerprint density at radius 3 is 0.911 bits per heavy atom. The summed E-state index contributed by atoms with van der Waals surface area (Å²) >= 11 is 39.8. The van der Waals surface area contributed by atoms with E-state index in [1.54, 1.807) is 0 Å². The number of rotatable bonds is 13. The summed E-state index contributed by atoms with van der Waals surface area (Å²) in [4.78, 5) is 0. The van der Waals surface area contributed by atoms with Crippen molar-refractivity contribution in [3.63, 3.8) is 0 Å². The highest BCUT2D eigenvalue weighted by Crippen LogP contribution is 2.84. The lowest BCUT2D eigenvalue weighted by Gasteiger charge is -2.29. The highest BCUT2D eigenvalue weighted by atomic mass is 35.9. The molecule has 56 heavy (non-hydrogen) atoms. The Balaban J connectivity index is 1.20. The van der Waals surface area contributed by atoms with Gasteiger partial charge in [0, 0.05) is 13.1 Å². The van der Waals surface area contributed by atoms with Crippen molar-refractivity contribution in [1.29, 1.82) is 0 Å². The molecular formula is C26H54Cl6N8O10P6. The van der Waals surface area contributed by atoms with Crippen LogP contribution in [-0.2, 0) is 46.5 Å². The summed E-state index contributed by atoms with van der Waals surface area (Å²) in [6.45, 7) is -0.00767. The van der Waals surface area contributed by atoms with Crippen LogP contribution in [0, 0.1) is 0 Å². The second-order valence-corrected chi connectivity index (χ2v) is 33.3. The molecule has 4 heterocycles. The lowest BCUT2D eigenvalue weighted by Crippen LogP contribution is -2.17. The standard InChI is InChI=1S/C26H54Cl6N8O10P6/c27-51(28)35-53(31)39-55(37-51,49-25-21-45-17-13-41-11-15-43-19-23-47-53)33-9-7-5-3-1-2-4-6-8-10-34-56-38-52(29,30)36-54(32,40-56)48-24-20-44-16-12-42-14-18-46-22-26-50-56/h33-34H,1-26H2. The van der Waals surface area contributed by atoms with E-state index in [9.17, 15) is 0 Å². The smallest absolute Gasteiger partial charge is 0.300 e. The highest BCUT2D eigenvalue weighted by Gasteiger charge is 2.38. The van der Waals surface area contributed by atoms with Crippen molar-refractivity contribution in [3.8, 4) is 0 Å². The number of nitrogens with zero attached hydrogens (tertiary/aromatic N) is 6. The third kappa shape index (κ3) is 20.9. The predicted molar refractivity (Wildman–Crippen MR) is 233 cm³/mol. The van der Waals surface area contributed by atoms with Gasteiger partial charge in [0.05, 0.1) is 106 Å². The molecule has 18 nitrogen and oxygen atoms in total. The molecule has 4 aliphatic rings. The van der Waals surface area contributed by atoms with Crippen LogP contribution in [-0.4, -0.2) is 119 Å². The van der Waals surface area contributed by atoms with Crippen LogP contribution in [0.4, 0.5) is 0 Å². The molecule has 4 aliphatic heterocycles. The summed E-state index contributed by atoms with van der Waals surface area (Å²) in [5.74, 6) is -6.42. The molecule has 0 aliphatic carbocycles. The van der Waals surface area contributed by atoms with E-state index in [1.165, 1.54) is 0 Å². The Labute approximate surface area is 359 Å². The van der Waals surface area contributed by atoms with Gasteiger partial charge in [-0.2, -0.15) is 27.1 Å². The van der Waals surface area contributed by atoms with E-state index in [0.29, 0.717) is 79.2 Å². The molecule has 30 heteroatoms. The summed E-state index contributed by atoms with van der Waals surface area (Å²) in [6.07, 6.45) is 8.01. The van der Waals surface area contributed by atoms with Crippen molar-refractivity contribution >= 4 is 108 Å². The average molecular weight is 1040 g/mol. The topological polar surface area (TPSA) is 191 Å². The van der Waals surface area contributed by atoms with Crippen molar-refractivity contribution in [2.75, 3.05) is 119 Å². The maximum absolute atomic E-state index is 6.78. The molecule has 0 aromatic heterocycles. The summed E-state index contributed by atoms with van der Waals surface area (Å²) in [5, 5.41) is 6.76.